The molecule has 8 nitrogen and oxygen atoms in total. The van der Waals surface area contributed by atoms with Crippen LogP contribution < -0.4 is 5.32 Å². The van der Waals surface area contributed by atoms with Crippen molar-refractivity contribution in [2.45, 2.75) is 12.6 Å². The van der Waals surface area contributed by atoms with Crippen molar-refractivity contribution in [2.75, 3.05) is 18.4 Å². The van der Waals surface area contributed by atoms with Crippen LogP contribution >= 0.6 is 0 Å². The van der Waals surface area contributed by atoms with E-state index in [-0.39, 0.29) is 24.3 Å². The topological polar surface area (TPSA) is 105 Å². The lowest BCUT2D eigenvalue weighted by molar-refractivity contribution is -0.157. The van der Waals surface area contributed by atoms with Crippen LogP contribution in [0.15, 0.2) is 36.5 Å². The van der Waals surface area contributed by atoms with E-state index < -0.39 is 36.4 Å². The average molecular weight is 396 g/mol. The number of hydrogen-bond acceptors (Lipinski definition) is 4. The van der Waals surface area contributed by atoms with E-state index in [2.05, 4.69) is 10.4 Å². The Morgan fingerprint density at radius 1 is 1.25 bits per heavy atom. The Balaban J connectivity index is 1.75. The van der Waals surface area contributed by atoms with Crippen molar-refractivity contribution in [2.24, 2.45) is 5.92 Å². The van der Waals surface area contributed by atoms with Gasteiger partial charge in [0.2, 0.25) is 11.8 Å². The molecule has 2 N–H and O–H groups in total. The number of aromatic nitrogens is 2. The Morgan fingerprint density at radius 2 is 1.96 bits per heavy atom. The van der Waals surface area contributed by atoms with Gasteiger partial charge in [0.25, 0.3) is 0 Å². The number of nitrogens with zero attached hydrogens (tertiary/aromatic N) is 3. The predicted molar refractivity (Wildman–Crippen MR) is 89.9 cm³/mol. The molecule has 28 heavy (non-hydrogen) atoms. The summed E-state index contributed by atoms with van der Waals surface area (Å²) in [7, 11) is 0. The number of carboxylic acid groups (broad SMARTS) is 1. The number of anilines is 1. The summed E-state index contributed by atoms with van der Waals surface area (Å²) in [6.45, 7) is -1.71. The summed E-state index contributed by atoms with van der Waals surface area (Å²) in [5, 5.41) is 15.4. The minimum absolute atomic E-state index is 0.190. The van der Waals surface area contributed by atoms with E-state index >= 15 is 0 Å². The second-order valence-electron chi connectivity index (χ2n) is 6.25. The zero-order chi connectivity index (χ0) is 20.5. The number of halogens is 3. The molecule has 1 aromatic heterocycles. The molecule has 148 valence electrons. The van der Waals surface area contributed by atoms with E-state index in [1.54, 1.807) is 24.3 Å². The molecule has 0 aliphatic carbocycles. The SMILES string of the molecule is O=C(O)c1ccn(-c2ccccc2NC(=O)C2CC(=O)N(CC(F)(F)F)C2)n1. The molecule has 0 bridgehead atoms. The van der Waals surface area contributed by atoms with Crippen molar-refractivity contribution in [3.8, 4) is 5.69 Å². The molecule has 2 heterocycles. The fraction of sp³-hybridized carbons (Fsp3) is 0.294. The number of carbonyl (C=O) groups is 3. The van der Waals surface area contributed by atoms with Gasteiger partial charge in [-0.05, 0) is 18.2 Å². The lowest BCUT2D eigenvalue weighted by Crippen LogP contribution is -2.36. The third-order valence-electron chi connectivity index (χ3n) is 4.17. The molecule has 1 aliphatic heterocycles. The molecule has 3 rings (SSSR count). The zero-order valence-electron chi connectivity index (χ0n) is 14.3. The van der Waals surface area contributed by atoms with Gasteiger partial charge in [0.05, 0.1) is 17.3 Å². The number of aromatic carboxylic acids is 1. The third kappa shape index (κ3) is 4.30. The van der Waals surface area contributed by atoms with E-state index in [0.29, 0.717) is 10.6 Å². The summed E-state index contributed by atoms with van der Waals surface area (Å²) >= 11 is 0. The molecule has 2 amide bonds. The Bertz CT molecular complexity index is 925. The zero-order valence-corrected chi connectivity index (χ0v) is 14.3. The van der Waals surface area contributed by atoms with Crippen LogP contribution in [0.1, 0.15) is 16.9 Å². The quantitative estimate of drug-likeness (QED) is 0.804. The van der Waals surface area contributed by atoms with E-state index in [1.165, 1.54) is 16.9 Å². The highest BCUT2D eigenvalue weighted by molar-refractivity contribution is 5.98. The molecule has 1 unspecified atom stereocenters. The van der Waals surface area contributed by atoms with Crippen LogP contribution in [-0.2, 0) is 9.59 Å². The van der Waals surface area contributed by atoms with Gasteiger partial charge in [0, 0.05) is 19.2 Å². The number of carboxylic acids is 1. The van der Waals surface area contributed by atoms with Crippen LogP contribution in [-0.4, -0.2) is 56.8 Å². The van der Waals surface area contributed by atoms with Crippen molar-refractivity contribution in [1.82, 2.24) is 14.7 Å². The highest BCUT2D eigenvalue weighted by atomic mass is 19.4. The number of hydrogen-bond donors (Lipinski definition) is 2. The van der Waals surface area contributed by atoms with Gasteiger partial charge in [0.1, 0.15) is 6.54 Å². The van der Waals surface area contributed by atoms with Crippen molar-refractivity contribution < 1.29 is 32.7 Å². The number of alkyl halides is 3. The van der Waals surface area contributed by atoms with Crippen molar-refractivity contribution in [3.05, 3.63) is 42.2 Å². The first kappa shape index (κ1) is 19.4. The Labute approximate surface area is 156 Å². The monoisotopic (exact) mass is 396 g/mol. The first-order valence-corrected chi connectivity index (χ1v) is 8.18. The number of para-hydroxylation sites is 2. The summed E-state index contributed by atoms with van der Waals surface area (Å²) in [5.41, 5.74) is 0.472. The van der Waals surface area contributed by atoms with Crippen LogP contribution in [0.5, 0.6) is 0 Å². The molecule has 1 saturated heterocycles. The van der Waals surface area contributed by atoms with Gasteiger partial charge in [-0.25, -0.2) is 9.48 Å². The van der Waals surface area contributed by atoms with Gasteiger partial charge >= 0.3 is 12.1 Å². The summed E-state index contributed by atoms with van der Waals surface area (Å²) in [5.74, 6) is -3.47. The molecule has 0 spiro atoms. The molecular weight excluding hydrogens is 381 g/mol. The number of nitrogens with one attached hydrogen (secondary N) is 1. The van der Waals surface area contributed by atoms with Crippen LogP contribution in [0.4, 0.5) is 18.9 Å². The van der Waals surface area contributed by atoms with E-state index in [0.717, 1.165) is 0 Å². The van der Waals surface area contributed by atoms with Gasteiger partial charge in [0.15, 0.2) is 5.69 Å². The van der Waals surface area contributed by atoms with Gasteiger partial charge in [-0.1, -0.05) is 12.1 Å². The predicted octanol–water partition coefficient (Wildman–Crippen LogP) is 1.92. The van der Waals surface area contributed by atoms with Crippen LogP contribution in [0.2, 0.25) is 0 Å². The van der Waals surface area contributed by atoms with Crippen LogP contribution in [0.3, 0.4) is 0 Å². The van der Waals surface area contributed by atoms with Crippen LogP contribution in [0, 0.1) is 5.92 Å². The number of likely N-dealkylation sites (tertiary alicyclic amines) is 1. The molecule has 2 aromatic rings. The van der Waals surface area contributed by atoms with Crippen molar-refractivity contribution in [3.63, 3.8) is 0 Å². The highest BCUT2D eigenvalue weighted by Crippen LogP contribution is 2.26. The minimum Gasteiger partial charge on any atom is -0.476 e. The summed E-state index contributed by atoms with van der Waals surface area (Å²) in [4.78, 5) is 35.8. The molecule has 1 aliphatic rings. The van der Waals surface area contributed by atoms with E-state index in [4.69, 9.17) is 5.11 Å². The van der Waals surface area contributed by atoms with Crippen LogP contribution in [0.25, 0.3) is 5.69 Å². The number of rotatable bonds is 5. The summed E-state index contributed by atoms with van der Waals surface area (Å²) in [6.07, 6.45) is -3.44. The number of benzene rings is 1. The van der Waals surface area contributed by atoms with Crippen molar-refractivity contribution in [1.29, 1.82) is 0 Å². The van der Waals surface area contributed by atoms with Gasteiger partial charge in [-0.3, -0.25) is 9.59 Å². The normalized spacial score (nSPS) is 17.0. The lowest BCUT2D eigenvalue weighted by atomic mass is 10.1. The maximum Gasteiger partial charge on any atom is 0.406 e. The maximum atomic E-state index is 12.5. The Kier molecular flexibility index (Phi) is 5.08. The largest absolute Gasteiger partial charge is 0.476 e. The molecule has 1 aromatic carbocycles. The second-order valence-corrected chi connectivity index (χ2v) is 6.25. The molecule has 1 fully saturated rings. The molecule has 11 heteroatoms. The third-order valence-corrected chi connectivity index (χ3v) is 4.17. The second kappa shape index (κ2) is 7.33. The maximum absolute atomic E-state index is 12.5. The lowest BCUT2D eigenvalue weighted by Gasteiger charge is -2.18. The molecule has 0 radical (unpaired) electrons. The van der Waals surface area contributed by atoms with E-state index in [1.807, 2.05) is 0 Å². The van der Waals surface area contributed by atoms with Gasteiger partial charge < -0.3 is 15.3 Å². The smallest absolute Gasteiger partial charge is 0.406 e. The average Bonchev–Trinajstić information content (AvgIpc) is 3.22. The van der Waals surface area contributed by atoms with Crippen molar-refractivity contribution >= 4 is 23.5 Å². The fourth-order valence-corrected chi connectivity index (χ4v) is 2.90. The standard InChI is InChI=1S/C17H15F3N4O4/c18-17(19,20)9-23-8-10(7-14(23)25)15(26)21-11-3-1-2-4-13(11)24-6-5-12(22-24)16(27)28/h1-6,10H,7-9H2,(H,21,26)(H,27,28). The van der Waals surface area contributed by atoms with E-state index in [9.17, 15) is 27.6 Å². The Morgan fingerprint density at radius 3 is 2.61 bits per heavy atom. The summed E-state index contributed by atoms with van der Waals surface area (Å²) in [6, 6.07) is 7.68. The van der Waals surface area contributed by atoms with Gasteiger partial charge in [-0.2, -0.15) is 18.3 Å². The first-order valence-electron chi connectivity index (χ1n) is 8.18. The minimum atomic E-state index is -4.53. The van der Waals surface area contributed by atoms with Gasteiger partial charge in [-0.15, -0.1) is 0 Å². The fourth-order valence-electron chi connectivity index (χ4n) is 2.90. The number of amides is 2. The Hall–Kier alpha value is -3.37. The first-order chi connectivity index (χ1) is 13.1. The molecule has 0 saturated carbocycles. The highest BCUT2D eigenvalue weighted by Gasteiger charge is 2.40. The molecular formula is C17H15F3N4O4. The number of carbonyl (C=O) groups excluding carboxylic acids is 2. The molecule has 1 atom stereocenters. The summed E-state index contributed by atoms with van der Waals surface area (Å²) < 4.78 is 38.8.